The highest BCUT2D eigenvalue weighted by Crippen LogP contribution is 2.18. The Morgan fingerprint density at radius 2 is 1.94 bits per heavy atom. The zero-order chi connectivity index (χ0) is 13.1. The van der Waals surface area contributed by atoms with Crippen molar-refractivity contribution in [3.63, 3.8) is 0 Å². The molecule has 0 saturated carbocycles. The van der Waals surface area contributed by atoms with Gasteiger partial charge in [-0.1, -0.05) is 13.8 Å². The van der Waals surface area contributed by atoms with E-state index in [9.17, 15) is 4.79 Å². The lowest BCUT2D eigenvalue weighted by Gasteiger charge is -2.35. The first-order chi connectivity index (χ1) is 8.58. The highest BCUT2D eigenvalue weighted by atomic mass is 16.5. The number of nitrogens with zero attached hydrogens (tertiary/aromatic N) is 1. The number of likely N-dealkylation sites (tertiary alicyclic amines) is 1. The molecule has 2 heterocycles. The maximum absolute atomic E-state index is 11.9. The second kappa shape index (κ2) is 6.02. The van der Waals surface area contributed by atoms with Crippen molar-refractivity contribution >= 4 is 5.91 Å². The zero-order valence-corrected chi connectivity index (χ0v) is 11.8. The number of piperidine rings is 1. The molecule has 4 nitrogen and oxygen atoms in total. The van der Waals surface area contributed by atoms with Gasteiger partial charge < -0.3 is 15.0 Å². The van der Waals surface area contributed by atoms with Gasteiger partial charge in [-0.2, -0.15) is 0 Å². The molecule has 0 spiro atoms. The molecule has 0 bridgehead atoms. The highest BCUT2D eigenvalue weighted by molar-refractivity contribution is 5.78. The summed E-state index contributed by atoms with van der Waals surface area (Å²) in [6.07, 6.45) is 3.59. The van der Waals surface area contributed by atoms with Gasteiger partial charge in [0.1, 0.15) is 0 Å². The molecule has 2 saturated heterocycles. The van der Waals surface area contributed by atoms with E-state index >= 15 is 0 Å². The van der Waals surface area contributed by atoms with Gasteiger partial charge in [0.15, 0.2) is 0 Å². The molecule has 2 fully saturated rings. The van der Waals surface area contributed by atoms with Gasteiger partial charge in [0, 0.05) is 37.7 Å². The molecule has 0 radical (unpaired) electrons. The molecule has 2 unspecified atom stereocenters. The standard InChI is InChI=1S/C14H26N2O2/c1-10(2)14(17)16-7-4-12(5-8-16)15-13-6-9-18-11(13)3/h10-13,15H,4-9H2,1-3H3. The fraction of sp³-hybridized carbons (Fsp3) is 0.929. The smallest absolute Gasteiger partial charge is 0.225 e. The average molecular weight is 254 g/mol. The summed E-state index contributed by atoms with van der Waals surface area (Å²) in [6.45, 7) is 8.77. The summed E-state index contributed by atoms with van der Waals surface area (Å²) in [5.74, 6) is 0.420. The van der Waals surface area contributed by atoms with Gasteiger partial charge in [0.25, 0.3) is 0 Å². The van der Waals surface area contributed by atoms with Crippen molar-refractivity contribution in [1.29, 1.82) is 0 Å². The number of rotatable bonds is 3. The summed E-state index contributed by atoms with van der Waals surface area (Å²) in [6, 6.07) is 1.05. The second-order valence-electron chi connectivity index (χ2n) is 5.89. The van der Waals surface area contributed by atoms with Crippen molar-refractivity contribution in [2.24, 2.45) is 5.92 Å². The molecule has 104 valence electrons. The quantitative estimate of drug-likeness (QED) is 0.828. The molecular formula is C14H26N2O2. The van der Waals surface area contributed by atoms with E-state index in [0.717, 1.165) is 39.0 Å². The van der Waals surface area contributed by atoms with Crippen LogP contribution < -0.4 is 5.32 Å². The number of carbonyl (C=O) groups excluding carboxylic acids is 1. The SMILES string of the molecule is CC(C)C(=O)N1CCC(NC2CCOC2C)CC1. The molecule has 0 aromatic rings. The lowest BCUT2D eigenvalue weighted by Crippen LogP contribution is -2.49. The molecular weight excluding hydrogens is 228 g/mol. The van der Waals surface area contributed by atoms with Crippen molar-refractivity contribution in [2.75, 3.05) is 19.7 Å². The van der Waals surface area contributed by atoms with Crippen LogP contribution in [-0.4, -0.2) is 48.7 Å². The minimum Gasteiger partial charge on any atom is -0.377 e. The molecule has 0 aromatic carbocycles. The Morgan fingerprint density at radius 3 is 2.44 bits per heavy atom. The van der Waals surface area contributed by atoms with Gasteiger partial charge in [-0.15, -0.1) is 0 Å². The maximum Gasteiger partial charge on any atom is 0.225 e. The van der Waals surface area contributed by atoms with Gasteiger partial charge in [-0.05, 0) is 26.2 Å². The van der Waals surface area contributed by atoms with E-state index in [1.165, 1.54) is 0 Å². The molecule has 4 heteroatoms. The summed E-state index contributed by atoms with van der Waals surface area (Å²) in [5, 5.41) is 3.69. The van der Waals surface area contributed by atoms with Crippen LogP contribution in [0.15, 0.2) is 0 Å². The predicted molar refractivity (Wildman–Crippen MR) is 71.4 cm³/mol. The number of hydrogen-bond donors (Lipinski definition) is 1. The number of ether oxygens (including phenoxy) is 1. The molecule has 2 atom stereocenters. The fourth-order valence-electron chi connectivity index (χ4n) is 2.89. The highest BCUT2D eigenvalue weighted by Gasteiger charge is 2.29. The van der Waals surface area contributed by atoms with Crippen LogP contribution in [0.5, 0.6) is 0 Å². The Labute approximate surface area is 110 Å². The van der Waals surface area contributed by atoms with E-state index in [4.69, 9.17) is 4.74 Å². The summed E-state index contributed by atoms with van der Waals surface area (Å²) < 4.78 is 5.57. The van der Waals surface area contributed by atoms with Gasteiger partial charge in [0.2, 0.25) is 5.91 Å². The third-order valence-corrected chi connectivity index (χ3v) is 4.13. The summed E-state index contributed by atoms with van der Waals surface area (Å²) in [4.78, 5) is 13.9. The van der Waals surface area contributed by atoms with E-state index in [1.54, 1.807) is 0 Å². The second-order valence-corrected chi connectivity index (χ2v) is 5.89. The van der Waals surface area contributed by atoms with E-state index < -0.39 is 0 Å². The van der Waals surface area contributed by atoms with Gasteiger partial charge in [0.05, 0.1) is 6.10 Å². The number of amides is 1. The van der Waals surface area contributed by atoms with E-state index in [2.05, 4.69) is 12.2 Å². The van der Waals surface area contributed by atoms with E-state index in [1.807, 2.05) is 18.7 Å². The summed E-state index contributed by atoms with van der Waals surface area (Å²) in [5.41, 5.74) is 0. The van der Waals surface area contributed by atoms with Crippen LogP contribution in [0, 0.1) is 5.92 Å². The first kappa shape index (κ1) is 13.8. The molecule has 0 aromatic heterocycles. The number of nitrogens with one attached hydrogen (secondary N) is 1. The third kappa shape index (κ3) is 3.23. The molecule has 2 aliphatic heterocycles. The van der Waals surface area contributed by atoms with Crippen LogP contribution >= 0.6 is 0 Å². The van der Waals surface area contributed by atoms with Crippen LogP contribution in [-0.2, 0) is 9.53 Å². The Kier molecular flexibility index (Phi) is 4.62. The largest absolute Gasteiger partial charge is 0.377 e. The molecule has 2 rings (SSSR count). The summed E-state index contributed by atoms with van der Waals surface area (Å²) >= 11 is 0. The Morgan fingerprint density at radius 1 is 1.28 bits per heavy atom. The minimum atomic E-state index is 0.123. The van der Waals surface area contributed by atoms with Crippen molar-refractivity contribution in [2.45, 2.75) is 58.2 Å². The van der Waals surface area contributed by atoms with Crippen molar-refractivity contribution in [3.8, 4) is 0 Å². The number of hydrogen-bond acceptors (Lipinski definition) is 3. The number of carbonyl (C=O) groups is 1. The molecule has 1 N–H and O–H groups in total. The zero-order valence-electron chi connectivity index (χ0n) is 11.8. The molecule has 2 aliphatic rings. The third-order valence-electron chi connectivity index (χ3n) is 4.13. The lowest BCUT2D eigenvalue weighted by molar-refractivity contribution is -0.135. The maximum atomic E-state index is 11.9. The Bertz CT molecular complexity index is 286. The van der Waals surface area contributed by atoms with Gasteiger partial charge >= 0.3 is 0 Å². The summed E-state index contributed by atoms with van der Waals surface area (Å²) in [7, 11) is 0. The average Bonchev–Trinajstić information content (AvgIpc) is 2.75. The van der Waals surface area contributed by atoms with Crippen LogP contribution in [0.3, 0.4) is 0 Å². The van der Waals surface area contributed by atoms with Crippen molar-refractivity contribution in [1.82, 2.24) is 10.2 Å². The molecule has 0 aliphatic carbocycles. The van der Waals surface area contributed by atoms with E-state index in [-0.39, 0.29) is 5.92 Å². The van der Waals surface area contributed by atoms with Gasteiger partial charge in [-0.3, -0.25) is 4.79 Å². The first-order valence-corrected chi connectivity index (χ1v) is 7.24. The topological polar surface area (TPSA) is 41.6 Å². The molecule has 18 heavy (non-hydrogen) atoms. The monoisotopic (exact) mass is 254 g/mol. The van der Waals surface area contributed by atoms with Crippen LogP contribution in [0.25, 0.3) is 0 Å². The Balaban J connectivity index is 1.75. The predicted octanol–water partition coefficient (Wildman–Crippen LogP) is 1.40. The first-order valence-electron chi connectivity index (χ1n) is 7.24. The Hall–Kier alpha value is -0.610. The van der Waals surface area contributed by atoms with Crippen molar-refractivity contribution in [3.05, 3.63) is 0 Å². The van der Waals surface area contributed by atoms with Gasteiger partial charge in [-0.25, -0.2) is 0 Å². The van der Waals surface area contributed by atoms with Crippen molar-refractivity contribution < 1.29 is 9.53 Å². The van der Waals surface area contributed by atoms with Crippen LogP contribution in [0.1, 0.15) is 40.0 Å². The van der Waals surface area contributed by atoms with Crippen LogP contribution in [0.4, 0.5) is 0 Å². The fourth-order valence-corrected chi connectivity index (χ4v) is 2.89. The van der Waals surface area contributed by atoms with E-state index in [0.29, 0.717) is 24.1 Å². The molecule has 1 amide bonds. The minimum absolute atomic E-state index is 0.123. The normalized spacial score (nSPS) is 30.1. The lowest BCUT2D eigenvalue weighted by atomic mass is 10.0. The van der Waals surface area contributed by atoms with Crippen LogP contribution in [0.2, 0.25) is 0 Å².